The van der Waals surface area contributed by atoms with Crippen molar-refractivity contribution < 1.29 is 18.6 Å². The van der Waals surface area contributed by atoms with Crippen LogP contribution in [0.3, 0.4) is 0 Å². The molecule has 6 heteroatoms. The van der Waals surface area contributed by atoms with Gasteiger partial charge < -0.3 is 15.6 Å². The van der Waals surface area contributed by atoms with Crippen molar-refractivity contribution in [3.8, 4) is 11.5 Å². The molecule has 0 bridgehead atoms. The summed E-state index contributed by atoms with van der Waals surface area (Å²) in [7, 11) is 0. The summed E-state index contributed by atoms with van der Waals surface area (Å²) < 4.78 is 32.7. The Balaban J connectivity index is 2.30. The zero-order chi connectivity index (χ0) is 14.7. The second kappa shape index (κ2) is 5.94. The Labute approximate surface area is 119 Å². The number of ether oxygens (including phenoxy) is 1. The van der Waals surface area contributed by atoms with Crippen LogP contribution in [0.1, 0.15) is 11.1 Å². The first kappa shape index (κ1) is 14.4. The summed E-state index contributed by atoms with van der Waals surface area (Å²) in [5.41, 5.74) is 6.08. The smallest absolute Gasteiger partial charge is 0.198 e. The number of benzene rings is 2. The molecule has 0 radical (unpaired) electrons. The van der Waals surface area contributed by atoms with Gasteiger partial charge in [-0.3, -0.25) is 0 Å². The molecule has 0 amide bonds. The Morgan fingerprint density at radius 3 is 2.15 bits per heavy atom. The van der Waals surface area contributed by atoms with E-state index in [1.165, 1.54) is 12.1 Å². The first-order valence-electron chi connectivity index (χ1n) is 5.67. The normalized spacial score (nSPS) is 10.3. The van der Waals surface area contributed by atoms with Crippen LogP contribution in [0.5, 0.6) is 11.5 Å². The van der Waals surface area contributed by atoms with Gasteiger partial charge in [0.15, 0.2) is 17.4 Å². The maximum atomic E-state index is 13.8. The van der Waals surface area contributed by atoms with Crippen LogP contribution < -0.4 is 10.5 Å². The lowest BCUT2D eigenvalue weighted by Gasteiger charge is -2.09. The largest absolute Gasteiger partial charge is 0.451 e. The fourth-order valence-corrected chi connectivity index (χ4v) is 1.70. The number of hydrogen-bond donors (Lipinski definition) is 2. The number of nitrogens with two attached hydrogens (primary N) is 1. The van der Waals surface area contributed by atoms with E-state index in [2.05, 4.69) is 12.2 Å². The first-order chi connectivity index (χ1) is 9.51. The van der Waals surface area contributed by atoms with E-state index in [9.17, 15) is 8.78 Å². The number of aliphatic hydroxyl groups excluding tert-OH is 1. The Bertz CT molecular complexity index is 621. The van der Waals surface area contributed by atoms with E-state index in [-0.39, 0.29) is 22.9 Å². The maximum absolute atomic E-state index is 13.8. The average Bonchev–Trinajstić information content (AvgIpc) is 2.43. The third-order valence-corrected chi connectivity index (χ3v) is 2.84. The summed E-state index contributed by atoms with van der Waals surface area (Å²) in [5.74, 6) is -2.05. The maximum Gasteiger partial charge on any atom is 0.198 e. The lowest BCUT2D eigenvalue weighted by Crippen LogP contribution is -2.10. The highest BCUT2D eigenvalue weighted by Gasteiger charge is 2.14. The molecule has 0 atom stereocenters. The van der Waals surface area contributed by atoms with Crippen LogP contribution in [0.15, 0.2) is 36.4 Å². The van der Waals surface area contributed by atoms with Gasteiger partial charge in [0.05, 0.1) is 6.61 Å². The van der Waals surface area contributed by atoms with E-state index >= 15 is 0 Å². The summed E-state index contributed by atoms with van der Waals surface area (Å²) in [4.78, 5) is -0.0957. The summed E-state index contributed by atoms with van der Waals surface area (Å²) in [6.07, 6.45) is 0. The fourth-order valence-electron chi connectivity index (χ4n) is 1.58. The molecule has 3 N–H and O–H groups in total. The average molecular weight is 295 g/mol. The van der Waals surface area contributed by atoms with Gasteiger partial charge in [-0.2, -0.15) is 0 Å². The van der Waals surface area contributed by atoms with Crippen molar-refractivity contribution in [2.45, 2.75) is 6.61 Å². The van der Waals surface area contributed by atoms with E-state index in [1.807, 2.05) is 0 Å². The second-order valence-corrected chi connectivity index (χ2v) is 4.48. The number of hydrogen-bond acceptors (Lipinski definition) is 3. The SMILES string of the molecule is NC(=S)c1cc(F)c(Oc2ccc(CO)cc2)c(F)c1. The van der Waals surface area contributed by atoms with E-state index in [0.717, 1.165) is 12.1 Å². The van der Waals surface area contributed by atoms with Crippen molar-refractivity contribution in [1.29, 1.82) is 0 Å². The van der Waals surface area contributed by atoms with E-state index in [0.29, 0.717) is 5.56 Å². The molecular weight excluding hydrogens is 284 g/mol. The Kier molecular flexibility index (Phi) is 4.26. The van der Waals surface area contributed by atoms with Crippen molar-refractivity contribution >= 4 is 17.2 Å². The zero-order valence-electron chi connectivity index (χ0n) is 10.3. The van der Waals surface area contributed by atoms with Crippen LogP contribution in [-0.4, -0.2) is 10.1 Å². The monoisotopic (exact) mass is 295 g/mol. The molecule has 0 aromatic heterocycles. The number of thiocarbonyl (C=S) groups is 1. The number of aliphatic hydroxyl groups is 1. The minimum Gasteiger partial charge on any atom is -0.451 e. The molecule has 0 aliphatic rings. The van der Waals surface area contributed by atoms with Gasteiger partial charge in [0, 0.05) is 5.56 Å². The van der Waals surface area contributed by atoms with Gasteiger partial charge in [-0.1, -0.05) is 24.4 Å². The van der Waals surface area contributed by atoms with Crippen molar-refractivity contribution in [1.82, 2.24) is 0 Å². The molecule has 2 rings (SSSR count). The van der Waals surface area contributed by atoms with Crippen LogP contribution in [0.2, 0.25) is 0 Å². The van der Waals surface area contributed by atoms with E-state index < -0.39 is 17.4 Å². The molecule has 3 nitrogen and oxygen atoms in total. The van der Waals surface area contributed by atoms with Crippen LogP contribution >= 0.6 is 12.2 Å². The molecule has 2 aromatic carbocycles. The van der Waals surface area contributed by atoms with Gasteiger partial charge >= 0.3 is 0 Å². The first-order valence-corrected chi connectivity index (χ1v) is 6.08. The summed E-state index contributed by atoms with van der Waals surface area (Å²) in [6, 6.07) is 8.23. The van der Waals surface area contributed by atoms with Gasteiger partial charge in [-0.15, -0.1) is 0 Å². The van der Waals surface area contributed by atoms with Gasteiger partial charge in [0.1, 0.15) is 10.7 Å². The highest BCUT2D eigenvalue weighted by Crippen LogP contribution is 2.28. The molecule has 0 saturated carbocycles. The summed E-state index contributed by atoms with van der Waals surface area (Å²) in [5, 5.41) is 8.90. The molecule has 0 heterocycles. The molecule has 104 valence electrons. The zero-order valence-corrected chi connectivity index (χ0v) is 11.1. The van der Waals surface area contributed by atoms with Crippen LogP contribution in [-0.2, 0) is 6.61 Å². The minimum absolute atomic E-state index is 0.0954. The van der Waals surface area contributed by atoms with Crippen molar-refractivity contribution in [3.05, 3.63) is 59.2 Å². The van der Waals surface area contributed by atoms with Crippen molar-refractivity contribution in [2.24, 2.45) is 5.73 Å². The molecule has 0 aliphatic carbocycles. The van der Waals surface area contributed by atoms with Crippen molar-refractivity contribution in [3.63, 3.8) is 0 Å². The van der Waals surface area contributed by atoms with E-state index in [4.69, 9.17) is 15.6 Å². The Morgan fingerprint density at radius 2 is 1.70 bits per heavy atom. The minimum atomic E-state index is -0.890. The van der Waals surface area contributed by atoms with Crippen LogP contribution in [0.25, 0.3) is 0 Å². The fraction of sp³-hybridized carbons (Fsp3) is 0.0714. The molecule has 0 unspecified atom stereocenters. The quantitative estimate of drug-likeness (QED) is 0.852. The molecular formula is C14H11F2NO2S. The molecule has 20 heavy (non-hydrogen) atoms. The number of rotatable bonds is 4. The highest BCUT2D eigenvalue weighted by molar-refractivity contribution is 7.80. The Morgan fingerprint density at radius 1 is 1.15 bits per heavy atom. The highest BCUT2D eigenvalue weighted by atomic mass is 32.1. The lowest BCUT2D eigenvalue weighted by atomic mass is 10.2. The number of halogens is 2. The molecule has 0 spiro atoms. The van der Waals surface area contributed by atoms with Gasteiger partial charge in [-0.05, 0) is 29.8 Å². The molecule has 0 fully saturated rings. The lowest BCUT2D eigenvalue weighted by molar-refractivity contribution is 0.281. The topological polar surface area (TPSA) is 55.5 Å². The molecule has 2 aromatic rings. The van der Waals surface area contributed by atoms with Crippen LogP contribution in [0, 0.1) is 11.6 Å². The van der Waals surface area contributed by atoms with Crippen molar-refractivity contribution in [2.75, 3.05) is 0 Å². The Hall–Kier alpha value is -2.05. The van der Waals surface area contributed by atoms with Gasteiger partial charge in [-0.25, -0.2) is 8.78 Å². The standard InChI is InChI=1S/C14H11F2NO2S/c15-11-5-9(14(17)20)6-12(16)13(11)19-10-3-1-8(7-18)2-4-10/h1-6,18H,7H2,(H2,17,20). The third-order valence-electron chi connectivity index (χ3n) is 2.61. The third kappa shape index (κ3) is 3.09. The predicted molar refractivity (Wildman–Crippen MR) is 74.7 cm³/mol. The molecule has 0 aliphatic heterocycles. The van der Waals surface area contributed by atoms with E-state index in [1.54, 1.807) is 12.1 Å². The summed E-state index contributed by atoms with van der Waals surface area (Å²) in [6.45, 7) is -0.119. The molecule has 0 saturated heterocycles. The van der Waals surface area contributed by atoms with Gasteiger partial charge in [0.25, 0.3) is 0 Å². The predicted octanol–water partition coefficient (Wildman–Crippen LogP) is 2.88. The van der Waals surface area contributed by atoms with Crippen LogP contribution in [0.4, 0.5) is 8.78 Å². The second-order valence-electron chi connectivity index (χ2n) is 4.04. The van der Waals surface area contributed by atoms with Gasteiger partial charge in [0.2, 0.25) is 0 Å². The summed E-state index contributed by atoms with van der Waals surface area (Å²) >= 11 is 4.66.